The van der Waals surface area contributed by atoms with Crippen LogP contribution in [0, 0.1) is 17.2 Å². The second-order valence-electron chi connectivity index (χ2n) is 4.16. The molecular formula is C13H13NO2. The molecular weight excluding hydrogens is 202 g/mol. The molecule has 0 radical (unpaired) electrons. The highest BCUT2D eigenvalue weighted by molar-refractivity contribution is 5.79. The summed E-state index contributed by atoms with van der Waals surface area (Å²) in [6.45, 7) is 1.63. The van der Waals surface area contributed by atoms with Crippen molar-refractivity contribution in [3.05, 3.63) is 29.8 Å². The third-order valence-corrected chi connectivity index (χ3v) is 2.96. The normalized spacial score (nSPS) is 23.0. The van der Waals surface area contributed by atoms with E-state index in [1.165, 1.54) is 0 Å². The molecule has 0 saturated heterocycles. The van der Waals surface area contributed by atoms with Crippen molar-refractivity contribution in [2.24, 2.45) is 5.92 Å². The summed E-state index contributed by atoms with van der Waals surface area (Å²) in [5, 5.41) is 8.64. The van der Waals surface area contributed by atoms with E-state index in [1.54, 1.807) is 31.2 Å². The van der Waals surface area contributed by atoms with Gasteiger partial charge >= 0.3 is 0 Å². The molecule has 1 aliphatic carbocycles. The Labute approximate surface area is 94.6 Å². The summed E-state index contributed by atoms with van der Waals surface area (Å²) in [5.74, 6) is 1.20. The molecule has 16 heavy (non-hydrogen) atoms. The Hall–Kier alpha value is -1.82. The van der Waals surface area contributed by atoms with Crippen molar-refractivity contribution in [2.75, 3.05) is 0 Å². The molecule has 3 heteroatoms. The zero-order chi connectivity index (χ0) is 11.5. The van der Waals surface area contributed by atoms with Crippen LogP contribution in [0.3, 0.4) is 0 Å². The second kappa shape index (κ2) is 4.36. The number of ketones is 1. The fraction of sp³-hybridized carbons (Fsp3) is 0.385. The number of rotatable bonds is 3. The zero-order valence-corrected chi connectivity index (χ0v) is 9.14. The Morgan fingerprint density at radius 3 is 2.50 bits per heavy atom. The van der Waals surface area contributed by atoms with Crippen LogP contribution < -0.4 is 4.74 Å². The van der Waals surface area contributed by atoms with Crippen molar-refractivity contribution < 1.29 is 9.53 Å². The van der Waals surface area contributed by atoms with Crippen molar-refractivity contribution in [3.8, 4) is 11.8 Å². The smallest absolute Gasteiger partial charge is 0.133 e. The van der Waals surface area contributed by atoms with Gasteiger partial charge in [0.05, 0.1) is 11.6 Å². The minimum absolute atomic E-state index is 0.154. The predicted molar refractivity (Wildman–Crippen MR) is 59.0 cm³/mol. The van der Waals surface area contributed by atoms with Gasteiger partial charge < -0.3 is 4.74 Å². The van der Waals surface area contributed by atoms with Crippen molar-refractivity contribution in [3.63, 3.8) is 0 Å². The van der Waals surface area contributed by atoms with Gasteiger partial charge in [0.2, 0.25) is 0 Å². The number of ether oxygens (including phenoxy) is 1. The van der Waals surface area contributed by atoms with Gasteiger partial charge in [0.1, 0.15) is 17.6 Å². The summed E-state index contributed by atoms with van der Waals surface area (Å²) >= 11 is 0. The maximum Gasteiger partial charge on any atom is 0.133 e. The van der Waals surface area contributed by atoms with E-state index in [2.05, 4.69) is 6.07 Å². The highest BCUT2D eigenvalue weighted by atomic mass is 16.5. The highest BCUT2D eigenvalue weighted by Gasteiger charge is 2.33. The monoisotopic (exact) mass is 215 g/mol. The SMILES string of the molecule is CC(=O)C1CC(Oc2ccc(C#N)cc2)C1. The molecule has 0 N–H and O–H groups in total. The molecule has 2 rings (SSSR count). The van der Waals surface area contributed by atoms with E-state index in [1.807, 2.05) is 0 Å². The Kier molecular flexibility index (Phi) is 2.91. The summed E-state index contributed by atoms with van der Waals surface area (Å²) in [6.07, 6.45) is 1.78. The molecule has 0 spiro atoms. The van der Waals surface area contributed by atoms with Gasteiger partial charge in [-0.3, -0.25) is 4.79 Å². The number of nitriles is 1. The molecule has 0 aromatic heterocycles. The number of hydrogen-bond donors (Lipinski definition) is 0. The molecule has 0 atom stereocenters. The van der Waals surface area contributed by atoms with Crippen LogP contribution >= 0.6 is 0 Å². The third kappa shape index (κ3) is 2.22. The lowest BCUT2D eigenvalue weighted by Crippen LogP contribution is -2.37. The molecule has 1 saturated carbocycles. The standard InChI is InChI=1S/C13H13NO2/c1-9(15)11-6-13(7-11)16-12-4-2-10(8-14)3-5-12/h2-5,11,13H,6-7H2,1H3. The van der Waals surface area contributed by atoms with Gasteiger partial charge in [-0.05, 0) is 44.0 Å². The predicted octanol–water partition coefficient (Wildman–Crippen LogP) is 2.30. The summed E-state index contributed by atoms with van der Waals surface area (Å²) in [6, 6.07) is 9.11. The topological polar surface area (TPSA) is 50.1 Å². The van der Waals surface area contributed by atoms with E-state index < -0.39 is 0 Å². The van der Waals surface area contributed by atoms with E-state index in [4.69, 9.17) is 10.00 Å². The summed E-state index contributed by atoms with van der Waals surface area (Å²) in [5.41, 5.74) is 0.627. The summed E-state index contributed by atoms with van der Waals surface area (Å²) < 4.78 is 5.67. The van der Waals surface area contributed by atoms with Crippen LogP contribution in [0.4, 0.5) is 0 Å². The van der Waals surface area contributed by atoms with Crippen molar-refractivity contribution in [1.82, 2.24) is 0 Å². The lowest BCUT2D eigenvalue weighted by atomic mass is 9.80. The number of carbonyl (C=O) groups excluding carboxylic acids is 1. The average Bonchev–Trinajstić information content (AvgIpc) is 2.23. The highest BCUT2D eigenvalue weighted by Crippen LogP contribution is 2.31. The van der Waals surface area contributed by atoms with Gasteiger partial charge in [0.25, 0.3) is 0 Å². The maximum atomic E-state index is 11.0. The molecule has 82 valence electrons. The molecule has 0 heterocycles. The lowest BCUT2D eigenvalue weighted by Gasteiger charge is -2.33. The first-order chi connectivity index (χ1) is 7.69. The Morgan fingerprint density at radius 1 is 1.38 bits per heavy atom. The lowest BCUT2D eigenvalue weighted by molar-refractivity contribution is -0.126. The van der Waals surface area contributed by atoms with Gasteiger partial charge in [-0.2, -0.15) is 5.26 Å². The second-order valence-corrected chi connectivity index (χ2v) is 4.16. The van der Waals surface area contributed by atoms with E-state index in [0.29, 0.717) is 5.56 Å². The first kappa shape index (κ1) is 10.7. The molecule has 0 amide bonds. The molecule has 3 nitrogen and oxygen atoms in total. The quantitative estimate of drug-likeness (QED) is 0.777. The molecule has 1 aromatic carbocycles. The molecule has 0 aliphatic heterocycles. The van der Waals surface area contributed by atoms with Gasteiger partial charge in [-0.25, -0.2) is 0 Å². The first-order valence-corrected chi connectivity index (χ1v) is 5.36. The Balaban J connectivity index is 1.87. The minimum atomic E-state index is 0.154. The first-order valence-electron chi connectivity index (χ1n) is 5.36. The van der Waals surface area contributed by atoms with Crippen LogP contribution in [0.25, 0.3) is 0 Å². The Morgan fingerprint density at radius 2 is 2.00 bits per heavy atom. The summed E-state index contributed by atoms with van der Waals surface area (Å²) in [4.78, 5) is 11.0. The maximum absolute atomic E-state index is 11.0. The number of nitrogens with zero attached hydrogens (tertiary/aromatic N) is 1. The van der Waals surface area contributed by atoms with Gasteiger partial charge in [0, 0.05) is 5.92 Å². The molecule has 1 aromatic rings. The number of carbonyl (C=O) groups is 1. The van der Waals surface area contributed by atoms with Gasteiger partial charge in [-0.1, -0.05) is 0 Å². The van der Waals surface area contributed by atoms with Crippen molar-refractivity contribution >= 4 is 5.78 Å². The van der Waals surface area contributed by atoms with Crippen LogP contribution in [-0.2, 0) is 4.79 Å². The van der Waals surface area contributed by atoms with Crippen LogP contribution in [0.1, 0.15) is 25.3 Å². The van der Waals surface area contributed by atoms with Crippen LogP contribution in [0.2, 0.25) is 0 Å². The van der Waals surface area contributed by atoms with Crippen LogP contribution in [0.5, 0.6) is 5.75 Å². The van der Waals surface area contributed by atoms with Gasteiger partial charge in [0.15, 0.2) is 0 Å². The largest absolute Gasteiger partial charge is 0.490 e. The van der Waals surface area contributed by atoms with Crippen molar-refractivity contribution in [1.29, 1.82) is 5.26 Å². The fourth-order valence-electron chi connectivity index (χ4n) is 1.79. The zero-order valence-electron chi connectivity index (χ0n) is 9.14. The van der Waals surface area contributed by atoms with Crippen LogP contribution in [0.15, 0.2) is 24.3 Å². The van der Waals surface area contributed by atoms with E-state index in [9.17, 15) is 4.79 Å². The van der Waals surface area contributed by atoms with Crippen molar-refractivity contribution in [2.45, 2.75) is 25.9 Å². The van der Waals surface area contributed by atoms with Gasteiger partial charge in [-0.15, -0.1) is 0 Å². The third-order valence-electron chi connectivity index (χ3n) is 2.96. The van der Waals surface area contributed by atoms with E-state index in [0.717, 1.165) is 18.6 Å². The number of Topliss-reactive ketones (excluding diaryl/α,β-unsaturated/α-hetero) is 1. The summed E-state index contributed by atoms with van der Waals surface area (Å²) in [7, 11) is 0. The van der Waals surface area contributed by atoms with Crippen LogP contribution in [-0.4, -0.2) is 11.9 Å². The molecule has 1 fully saturated rings. The Bertz CT molecular complexity index is 424. The average molecular weight is 215 g/mol. The number of hydrogen-bond acceptors (Lipinski definition) is 3. The minimum Gasteiger partial charge on any atom is -0.490 e. The molecule has 0 unspecified atom stereocenters. The van der Waals surface area contributed by atoms with E-state index in [-0.39, 0.29) is 17.8 Å². The molecule has 1 aliphatic rings. The number of benzene rings is 1. The molecule has 0 bridgehead atoms. The van der Waals surface area contributed by atoms with E-state index >= 15 is 0 Å². The fourth-order valence-corrected chi connectivity index (χ4v) is 1.79.